The number of carbonyl (C=O) groups is 1. The average molecular weight is 254 g/mol. The number of hydrogen-bond acceptors (Lipinski definition) is 3. The van der Waals surface area contributed by atoms with Gasteiger partial charge in [0.2, 0.25) is 5.56 Å². The van der Waals surface area contributed by atoms with Gasteiger partial charge in [-0.05, 0) is 18.2 Å². The molecule has 1 aromatic carbocycles. The van der Waals surface area contributed by atoms with Crippen molar-refractivity contribution in [3.8, 4) is 0 Å². The van der Waals surface area contributed by atoms with Gasteiger partial charge in [-0.25, -0.2) is 9.66 Å². The fraction of sp³-hybridized carbons (Fsp3) is 0. The number of aromatic amines is 1. The van der Waals surface area contributed by atoms with Crippen LogP contribution in [0.4, 0.5) is 0 Å². The molecule has 19 heavy (non-hydrogen) atoms. The molecule has 2 N–H and O–H groups in total. The first-order valence-electron chi connectivity index (χ1n) is 5.66. The van der Waals surface area contributed by atoms with E-state index in [2.05, 4.69) is 15.4 Å². The molecule has 6 heteroatoms. The minimum atomic E-state index is -0.320. The van der Waals surface area contributed by atoms with E-state index in [-0.39, 0.29) is 11.5 Å². The van der Waals surface area contributed by atoms with Crippen molar-refractivity contribution in [3.63, 3.8) is 0 Å². The SMILES string of the molecule is O=C(Nn1cnc2ccccc21)c1ccc(=O)[nH]c1. The molecule has 3 aromatic rings. The molecule has 2 heterocycles. The van der Waals surface area contributed by atoms with Crippen molar-refractivity contribution in [2.45, 2.75) is 0 Å². The summed E-state index contributed by atoms with van der Waals surface area (Å²) in [6, 6.07) is 10.2. The highest BCUT2D eigenvalue weighted by atomic mass is 16.2. The monoisotopic (exact) mass is 254 g/mol. The molecule has 1 amide bonds. The maximum atomic E-state index is 12.0. The molecule has 3 rings (SSSR count). The van der Waals surface area contributed by atoms with Crippen LogP contribution in [-0.2, 0) is 0 Å². The average Bonchev–Trinajstić information content (AvgIpc) is 2.83. The van der Waals surface area contributed by atoms with Gasteiger partial charge in [0.05, 0.1) is 16.6 Å². The van der Waals surface area contributed by atoms with Crippen LogP contribution in [0, 0.1) is 0 Å². The molecular formula is C13H10N4O2. The number of amides is 1. The van der Waals surface area contributed by atoms with E-state index < -0.39 is 0 Å². The summed E-state index contributed by atoms with van der Waals surface area (Å²) in [5.41, 5.74) is 4.42. The zero-order valence-electron chi connectivity index (χ0n) is 9.83. The summed E-state index contributed by atoms with van der Waals surface area (Å²) in [7, 11) is 0. The van der Waals surface area contributed by atoms with Crippen LogP contribution in [-0.4, -0.2) is 20.6 Å². The van der Waals surface area contributed by atoms with Crippen molar-refractivity contribution in [2.24, 2.45) is 0 Å². The van der Waals surface area contributed by atoms with E-state index >= 15 is 0 Å². The van der Waals surface area contributed by atoms with Crippen molar-refractivity contribution in [1.82, 2.24) is 14.6 Å². The van der Waals surface area contributed by atoms with Gasteiger partial charge in [-0.3, -0.25) is 15.0 Å². The highest BCUT2D eigenvalue weighted by Gasteiger charge is 2.08. The van der Waals surface area contributed by atoms with E-state index in [1.807, 2.05) is 24.3 Å². The summed E-state index contributed by atoms with van der Waals surface area (Å²) < 4.78 is 1.54. The second kappa shape index (κ2) is 4.41. The zero-order valence-corrected chi connectivity index (χ0v) is 9.83. The predicted molar refractivity (Wildman–Crippen MR) is 70.5 cm³/mol. The number of H-pyrrole nitrogens is 1. The van der Waals surface area contributed by atoms with Crippen LogP contribution in [0.15, 0.2) is 53.7 Å². The third kappa shape index (κ3) is 2.11. The summed E-state index contributed by atoms with van der Waals surface area (Å²) in [4.78, 5) is 29.5. The number of rotatable bonds is 2. The van der Waals surface area contributed by atoms with Gasteiger partial charge in [0.1, 0.15) is 6.33 Å². The molecule has 0 unspecified atom stereocenters. The zero-order chi connectivity index (χ0) is 13.2. The Morgan fingerprint density at radius 1 is 1.21 bits per heavy atom. The first-order chi connectivity index (χ1) is 9.24. The van der Waals surface area contributed by atoms with E-state index in [9.17, 15) is 9.59 Å². The van der Waals surface area contributed by atoms with E-state index in [0.29, 0.717) is 5.56 Å². The summed E-state index contributed by atoms with van der Waals surface area (Å²) in [5, 5.41) is 0. The normalized spacial score (nSPS) is 10.5. The van der Waals surface area contributed by atoms with E-state index in [4.69, 9.17) is 0 Å². The highest BCUT2D eigenvalue weighted by molar-refractivity contribution is 6.00. The van der Waals surface area contributed by atoms with E-state index in [1.165, 1.54) is 24.7 Å². The van der Waals surface area contributed by atoms with Crippen LogP contribution in [0.1, 0.15) is 10.4 Å². The Balaban J connectivity index is 1.90. The maximum absolute atomic E-state index is 12.0. The van der Waals surface area contributed by atoms with Crippen LogP contribution >= 0.6 is 0 Å². The molecule has 0 saturated heterocycles. The smallest absolute Gasteiger partial charge is 0.271 e. The molecule has 0 radical (unpaired) electrons. The Morgan fingerprint density at radius 3 is 2.84 bits per heavy atom. The molecule has 0 aliphatic carbocycles. The molecule has 0 aliphatic heterocycles. The van der Waals surface area contributed by atoms with E-state index in [1.54, 1.807) is 4.68 Å². The third-order valence-electron chi connectivity index (χ3n) is 2.72. The summed E-state index contributed by atoms with van der Waals surface area (Å²) in [6.45, 7) is 0. The Morgan fingerprint density at radius 2 is 2.05 bits per heavy atom. The molecule has 0 saturated carbocycles. The van der Waals surface area contributed by atoms with Gasteiger partial charge in [-0.15, -0.1) is 0 Å². The highest BCUT2D eigenvalue weighted by Crippen LogP contribution is 2.10. The molecule has 94 valence electrons. The molecular weight excluding hydrogens is 244 g/mol. The molecule has 0 spiro atoms. The number of carbonyl (C=O) groups excluding carboxylic acids is 1. The number of pyridine rings is 1. The lowest BCUT2D eigenvalue weighted by Crippen LogP contribution is -2.22. The fourth-order valence-corrected chi connectivity index (χ4v) is 1.77. The quantitative estimate of drug-likeness (QED) is 0.719. The van der Waals surface area contributed by atoms with Gasteiger partial charge in [0, 0.05) is 12.3 Å². The number of nitrogens with zero attached hydrogens (tertiary/aromatic N) is 2. The molecule has 0 fully saturated rings. The van der Waals surface area contributed by atoms with Crippen LogP contribution in [0.25, 0.3) is 11.0 Å². The third-order valence-corrected chi connectivity index (χ3v) is 2.72. The lowest BCUT2D eigenvalue weighted by Gasteiger charge is -2.06. The summed E-state index contributed by atoms with van der Waals surface area (Å²) in [5.74, 6) is -0.320. The molecule has 0 bridgehead atoms. The first-order valence-corrected chi connectivity index (χ1v) is 5.66. The number of aromatic nitrogens is 3. The van der Waals surface area contributed by atoms with E-state index in [0.717, 1.165) is 11.0 Å². The summed E-state index contributed by atoms with van der Waals surface area (Å²) in [6.07, 6.45) is 2.91. The number of nitrogens with one attached hydrogen (secondary N) is 2. The largest absolute Gasteiger partial charge is 0.328 e. The number of imidazole rings is 1. The minimum absolute atomic E-state index is 0.246. The predicted octanol–water partition coefficient (Wildman–Crippen LogP) is 1.11. The van der Waals surface area contributed by atoms with Crippen LogP contribution in [0.5, 0.6) is 0 Å². The Labute approximate surface area is 107 Å². The lowest BCUT2D eigenvalue weighted by molar-refractivity contribution is 0.101. The van der Waals surface area contributed by atoms with Gasteiger partial charge in [0.15, 0.2) is 0 Å². The topological polar surface area (TPSA) is 79.8 Å². The van der Waals surface area contributed by atoms with Gasteiger partial charge < -0.3 is 4.98 Å². The standard InChI is InChI=1S/C13H10N4O2/c18-12-6-5-9(7-14-12)13(19)16-17-8-15-10-3-1-2-4-11(10)17/h1-8H,(H,14,18)(H,16,19). The van der Waals surface area contributed by atoms with Gasteiger partial charge in [-0.2, -0.15) is 0 Å². The maximum Gasteiger partial charge on any atom is 0.271 e. The van der Waals surface area contributed by atoms with Crippen LogP contribution in [0.2, 0.25) is 0 Å². The van der Waals surface area contributed by atoms with Crippen molar-refractivity contribution < 1.29 is 4.79 Å². The Kier molecular flexibility index (Phi) is 2.60. The van der Waals surface area contributed by atoms with Crippen molar-refractivity contribution >= 4 is 16.9 Å². The van der Waals surface area contributed by atoms with Gasteiger partial charge in [0.25, 0.3) is 5.91 Å². The Bertz CT molecular complexity index is 783. The number of hydrogen-bond donors (Lipinski definition) is 2. The molecule has 0 atom stereocenters. The first kappa shape index (κ1) is 11.2. The molecule has 0 aliphatic rings. The van der Waals surface area contributed by atoms with Crippen LogP contribution in [0.3, 0.4) is 0 Å². The van der Waals surface area contributed by atoms with Crippen molar-refractivity contribution in [2.75, 3.05) is 5.43 Å². The molecule has 2 aromatic heterocycles. The number of fused-ring (bicyclic) bond motifs is 1. The Hall–Kier alpha value is -2.89. The second-order valence-corrected chi connectivity index (χ2v) is 3.99. The van der Waals surface area contributed by atoms with Gasteiger partial charge in [-0.1, -0.05) is 12.1 Å². The van der Waals surface area contributed by atoms with Crippen LogP contribution < -0.4 is 11.0 Å². The minimum Gasteiger partial charge on any atom is -0.328 e. The van der Waals surface area contributed by atoms with Crippen molar-refractivity contribution in [1.29, 1.82) is 0 Å². The second-order valence-electron chi connectivity index (χ2n) is 3.99. The number of para-hydroxylation sites is 2. The lowest BCUT2D eigenvalue weighted by atomic mass is 10.3. The van der Waals surface area contributed by atoms with Gasteiger partial charge >= 0.3 is 0 Å². The van der Waals surface area contributed by atoms with Crippen molar-refractivity contribution in [3.05, 3.63) is 64.8 Å². The fourth-order valence-electron chi connectivity index (χ4n) is 1.77. The summed E-state index contributed by atoms with van der Waals surface area (Å²) >= 11 is 0. The number of benzene rings is 1. The molecule has 6 nitrogen and oxygen atoms in total.